The Kier molecular flexibility index (Phi) is 4.94. The van der Waals surface area contributed by atoms with Crippen molar-refractivity contribution < 1.29 is 28.7 Å². The number of fused-ring (bicyclic) bond motifs is 1. The molecular formula is C19H26O6. The predicted octanol–water partition coefficient (Wildman–Crippen LogP) is 2.25. The number of hydrogen-bond acceptors (Lipinski definition) is 6. The minimum atomic E-state index is -1.14. The van der Waals surface area contributed by atoms with Crippen molar-refractivity contribution in [2.24, 2.45) is 22.7 Å². The lowest BCUT2D eigenvalue weighted by atomic mass is 9.68. The van der Waals surface area contributed by atoms with Gasteiger partial charge in [0.15, 0.2) is 0 Å². The van der Waals surface area contributed by atoms with Crippen LogP contribution in [0.15, 0.2) is 11.1 Å². The average molecular weight is 350 g/mol. The largest absolute Gasteiger partial charge is 0.462 e. The highest BCUT2D eigenvalue weighted by atomic mass is 16.6. The number of ether oxygens (including phenoxy) is 2. The molecule has 0 bridgehead atoms. The Labute approximate surface area is 147 Å². The molecule has 0 aromatic heterocycles. The van der Waals surface area contributed by atoms with Gasteiger partial charge in [0.25, 0.3) is 0 Å². The minimum Gasteiger partial charge on any atom is -0.462 e. The lowest BCUT2D eigenvalue weighted by molar-refractivity contribution is -0.163. The highest BCUT2D eigenvalue weighted by molar-refractivity contribution is 5.82. The van der Waals surface area contributed by atoms with Crippen LogP contribution in [-0.4, -0.2) is 36.7 Å². The van der Waals surface area contributed by atoms with Crippen molar-refractivity contribution in [1.82, 2.24) is 0 Å². The van der Waals surface area contributed by atoms with Crippen LogP contribution in [0.2, 0.25) is 0 Å². The Bertz CT molecular complexity index is 646. The van der Waals surface area contributed by atoms with Gasteiger partial charge in [-0.2, -0.15) is 0 Å². The predicted molar refractivity (Wildman–Crippen MR) is 89.4 cm³/mol. The fourth-order valence-electron chi connectivity index (χ4n) is 4.89. The summed E-state index contributed by atoms with van der Waals surface area (Å²) in [5, 5.41) is 0. The standard InChI is InChI=1S/C19H26O6/c1-10-7-14(24-11(2)22)16-15(13(10)8-20)19(6,9-21)17(18(16,4)5)25-12(3)23/h8-10,14,16-17H,7H2,1-6H3/t10-,14+,16-,17-,19-/m1/s1. The van der Waals surface area contributed by atoms with Crippen molar-refractivity contribution in [3.05, 3.63) is 11.1 Å². The van der Waals surface area contributed by atoms with Gasteiger partial charge in [0.1, 0.15) is 24.8 Å². The molecule has 0 saturated heterocycles. The number of rotatable bonds is 4. The van der Waals surface area contributed by atoms with E-state index in [0.717, 1.165) is 12.6 Å². The molecule has 5 atom stereocenters. The third-order valence-electron chi connectivity index (χ3n) is 5.69. The topological polar surface area (TPSA) is 86.7 Å². The molecule has 0 aromatic carbocycles. The third kappa shape index (κ3) is 2.92. The molecule has 0 N–H and O–H groups in total. The van der Waals surface area contributed by atoms with Crippen LogP contribution in [-0.2, 0) is 28.7 Å². The number of carbonyl (C=O) groups is 4. The van der Waals surface area contributed by atoms with Gasteiger partial charge in [-0.15, -0.1) is 0 Å². The highest BCUT2D eigenvalue weighted by Gasteiger charge is 2.65. The fraction of sp³-hybridized carbons (Fsp3) is 0.684. The third-order valence-corrected chi connectivity index (χ3v) is 5.69. The molecule has 2 aliphatic carbocycles. The molecule has 0 aromatic rings. The Hall–Kier alpha value is -1.98. The van der Waals surface area contributed by atoms with Crippen molar-refractivity contribution in [2.45, 2.75) is 60.2 Å². The molecular weight excluding hydrogens is 324 g/mol. The van der Waals surface area contributed by atoms with E-state index in [4.69, 9.17) is 9.47 Å². The lowest BCUT2D eigenvalue weighted by Crippen LogP contribution is -2.43. The normalized spacial score (nSPS) is 36.4. The van der Waals surface area contributed by atoms with Crippen LogP contribution in [0, 0.1) is 22.7 Å². The van der Waals surface area contributed by atoms with E-state index in [1.165, 1.54) is 13.8 Å². The van der Waals surface area contributed by atoms with Gasteiger partial charge < -0.3 is 14.3 Å². The number of carbonyl (C=O) groups excluding carboxylic acids is 4. The van der Waals surface area contributed by atoms with Gasteiger partial charge >= 0.3 is 11.9 Å². The Morgan fingerprint density at radius 3 is 2.08 bits per heavy atom. The molecule has 0 amide bonds. The molecule has 0 heterocycles. The van der Waals surface area contributed by atoms with Gasteiger partial charge in [0.05, 0.1) is 5.41 Å². The molecule has 25 heavy (non-hydrogen) atoms. The summed E-state index contributed by atoms with van der Waals surface area (Å²) in [5.41, 5.74) is -0.626. The van der Waals surface area contributed by atoms with E-state index in [1.807, 2.05) is 20.8 Å². The molecule has 6 nitrogen and oxygen atoms in total. The second kappa shape index (κ2) is 6.39. The second-order valence-corrected chi connectivity index (χ2v) is 7.96. The summed E-state index contributed by atoms with van der Waals surface area (Å²) in [6.45, 7) is 9.97. The Balaban J connectivity index is 2.73. The first kappa shape index (κ1) is 19.3. The summed E-state index contributed by atoms with van der Waals surface area (Å²) in [6, 6.07) is 0. The zero-order valence-electron chi connectivity index (χ0n) is 15.6. The number of aldehydes is 2. The summed E-state index contributed by atoms with van der Waals surface area (Å²) in [6.07, 6.45) is 0.816. The molecule has 0 unspecified atom stereocenters. The summed E-state index contributed by atoms with van der Waals surface area (Å²) in [5.74, 6) is -1.42. The Morgan fingerprint density at radius 1 is 1.08 bits per heavy atom. The maximum absolute atomic E-state index is 12.1. The van der Waals surface area contributed by atoms with Crippen molar-refractivity contribution in [3.63, 3.8) is 0 Å². The Morgan fingerprint density at radius 2 is 1.64 bits per heavy atom. The van der Waals surface area contributed by atoms with Crippen LogP contribution in [0.25, 0.3) is 0 Å². The molecule has 2 rings (SSSR count). The average Bonchev–Trinajstić information content (AvgIpc) is 2.66. The molecule has 0 aliphatic heterocycles. The van der Waals surface area contributed by atoms with E-state index in [2.05, 4.69) is 0 Å². The monoisotopic (exact) mass is 350 g/mol. The van der Waals surface area contributed by atoms with E-state index >= 15 is 0 Å². The van der Waals surface area contributed by atoms with Crippen LogP contribution < -0.4 is 0 Å². The zero-order valence-corrected chi connectivity index (χ0v) is 15.6. The van der Waals surface area contributed by atoms with E-state index in [1.54, 1.807) is 6.92 Å². The van der Waals surface area contributed by atoms with Gasteiger partial charge in [-0.25, -0.2) is 0 Å². The molecule has 1 fully saturated rings. The van der Waals surface area contributed by atoms with E-state index in [9.17, 15) is 19.2 Å². The summed E-state index contributed by atoms with van der Waals surface area (Å²) in [7, 11) is 0. The molecule has 0 spiro atoms. The number of hydrogen-bond donors (Lipinski definition) is 0. The first-order chi connectivity index (χ1) is 11.5. The fourth-order valence-corrected chi connectivity index (χ4v) is 4.89. The molecule has 2 aliphatic rings. The van der Waals surface area contributed by atoms with Crippen molar-refractivity contribution in [1.29, 1.82) is 0 Å². The van der Waals surface area contributed by atoms with Crippen LogP contribution in [0.3, 0.4) is 0 Å². The van der Waals surface area contributed by atoms with Gasteiger partial charge in [-0.05, 0) is 30.4 Å². The lowest BCUT2D eigenvalue weighted by Gasteiger charge is -2.40. The maximum Gasteiger partial charge on any atom is 0.302 e. The van der Waals surface area contributed by atoms with Crippen molar-refractivity contribution in [3.8, 4) is 0 Å². The van der Waals surface area contributed by atoms with Crippen molar-refractivity contribution in [2.75, 3.05) is 0 Å². The van der Waals surface area contributed by atoms with Gasteiger partial charge in [-0.3, -0.25) is 14.4 Å². The summed E-state index contributed by atoms with van der Waals surface area (Å²) >= 11 is 0. The first-order valence-electron chi connectivity index (χ1n) is 8.51. The van der Waals surface area contributed by atoms with Crippen LogP contribution in [0.5, 0.6) is 0 Å². The molecule has 138 valence electrons. The second-order valence-electron chi connectivity index (χ2n) is 7.96. The van der Waals surface area contributed by atoms with E-state index < -0.39 is 35.0 Å². The quantitative estimate of drug-likeness (QED) is 0.571. The molecule has 6 heteroatoms. The van der Waals surface area contributed by atoms with Gasteiger partial charge in [0.2, 0.25) is 0 Å². The van der Waals surface area contributed by atoms with E-state index in [0.29, 0.717) is 17.6 Å². The minimum absolute atomic E-state index is 0.153. The molecule has 0 radical (unpaired) electrons. The number of esters is 2. The summed E-state index contributed by atoms with van der Waals surface area (Å²) < 4.78 is 11.1. The van der Waals surface area contributed by atoms with Gasteiger partial charge in [-0.1, -0.05) is 20.8 Å². The summed E-state index contributed by atoms with van der Waals surface area (Å²) in [4.78, 5) is 47.2. The van der Waals surface area contributed by atoms with Gasteiger partial charge in [0, 0.05) is 25.2 Å². The van der Waals surface area contributed by atoms with Crippen LogP contribution in [0.4, 0.5) is 0 Å². The highest BCUT2D eigenvalue weighted by Crippen LogP contribution is 2.62. The molecule has 1 saturated carbocycles. The maximum atomic E-state index is 12.1. The first-order valence-corrected chi connectivity index (χ1v) is 8.51. The van der Waals surface area contributed by atoms with Crippen LogP contribution in [0.1, 0.15) is 48.0 Å². The smallest absolute Gasteiger partial charge is 0.302 e. The van der Waals surface area contributed by atoms with Crippen molar-refractivity contribution >= 4 is 24.5 Å². The zero-order chi connectivity index (χ0) is 19.2. The van der Waals surface area contributed by atoms with E-state index in [-0.39, 0.29) is 11.8 Å². The van der Waals surface area contributed by atoms with Crippen LogP contribution >= 0.6 is 0 Å². The SMILES string of the molecule is CC(=O)O[C@H]1C[C@@H](C)C(C=O)=C2[C@@H]1C(C)(C)[C@@H](OC(C)=O)[C@]2(C)C=O. The number of allylic oxidation sites excluding steroid dienone is 1.